The predicted octanol–water partition coefficient (Wildman–Crippen LogP) is 4.05. The molecule has 48 heavy (non-hydrogen) atoms. The minimum Gasteiger partial charge on any atom is -0.497 e. The van der Waals surface area contributed by atoms with Crippen molar-refractivity contribution in [2.75, 3.05) is 64.1 Å². The molecule has 1 saturated heterocycles. The molecule has 0 aromatic heterocycles. The molecule has 2 aliphatic heterocycles. The number of rotatable bonds is 11. The zero-order valence-corrected chi connectivity index (χ0v) is 27.9. The first-order valence-corrected chi connectivity index (χ1v) is 16.2. The highest BCUT2D eigenvalue weighted by Crippen LogP contribution is 2.28. The van der Waals surface area contributed by atoms with Crippen molar-refractivity contribution < 1.29 is 14.3 Å². The second-order valence-electron chi connectivity index (χ2n) is 12.0. The van der Waals surface area contributed by atoms with Crippen LogP contribution in [0.2, 0.25) is 0 Å². The monoisotopic (exact) mass is 648 g/mol. The summed E-state index contributed by atoms with van der Waals surface area (Å²) in [6.07, 6.45) is 4.99. The molecular weight excluding hydrogens is 604 g/mol. The Kier molecular flexibility index (Phi) is 11.0. The molecule has 3 aromatic rings. The van der Waals surface area contributed by atoms with Crippen molar-refractivity contribution in [1.29, 1.82) is 5.41 Å². The maximum Gasteiger partial charge on any atom is 0.237 e. The van der Waals surface area contributed by atoms with Crippen molar-refractivity contribution >= 4 is 46.6 Å². The van der Waals surface area contributed by atoms with Crippen LogP contribution in [0.1, 0.15) is 42.0 Å². The number of methoxy groups -OCH3 is 1. The van der Waals surface area contributed by atoms with E-state index in [1.54, 1.807) is 37.3 Å². The van der Waals surface area contributed by atoms with Crippen LogP contribution in [0.25, 0.3) is 5.57 Å². The first-order chi connectivity index (χ1) is 23.2. The molecule has 5 N–H and O–H groups in total. The average Bonchev–Trinajstić information content (AvgIpc) is 3.59. The average molecular weight is 649 g/mol. The molecule has 5 rings (SSSR count). The first kappa shape index (κ1) is 34.1. The number of carbonyl (C=O) groups excluding carboxylic acids is 2. The third kappa shape index (κ3) is 7.80. The molecule has 3 aromatic carbocycles. The summed E-state index contributed by atoms with van der Waals surface area (Å²) >= 11 is 0. The number of benzene rings is 3. The van der Waals surface area contributed by atoms with Gasteiger partial charge in [0.1, 0.15) is 17.9 Å². The van der Waals surface area contributed by atoms with Gasteiger partial charge in [0.15, 0.2) is 0 Å². The number of ether oxygens (including phenoxy) is 1. The van der Waals surface area contributed by atoms with Crippen LogP contribution in [-0.4, -0.2) is 92.9 Å². The van der Waals surface area contributed by atoms with E-state index in [9.17, 15) is 9.59 Å². The van der Waals surface area contributed by atoms with Gasteiger partial charge in [-0.25, -0.2) is 4.99 Å². The van der Waals surface area contributed by atoms with Crippen LogP contribution in [0.4, 0.5) is 11.4 Å². The minimum absolute atomic E-state index is 0.0160. The van der Waals surface area contributed by atoms with Crippen LogP contribution in [-0.2, 0) is 9.59 Å². The molecule has 0 bridgehead atoms. The molecule has 0 unspecified atom stereocenters. The summed E-state index contributed by atoms with van der Waals surface area (Å²) in [5, 5.41) is 8.80. The minimum atomic E-state index is -0.219. The Labute approximate surface area is 282 Å². The van der Waals surface area contributed by atoms with Gasteiger partial charge in [-0.1, -0.05) is 30.3 Å². The Morgan fingerprint density at radius 2 is 1.79 bits per heavy atom. The lowest BCUT2D eigenvalue weighted by molar-refractivity contribution is -0.132. The molecule has 250 valence electrons. The van der Waals surface area contributed by atoms with Crippen molar-refractivity contribution in [2.45, 2.75) is 19.8 Å². The van der Waals surface area contributed by atoms with Crippen LogP contribution < -0.4 is 21.1 Å². The van der Waals surface area contributed by atoms with Crippen molar-refractivity contribution in [2.24, 2.45) is 21.6 Å². The van der Waals surface area contributed by atoms with Gasteiger partial charge < -0.3 is 26.0 Å². The summed E-state index contributed by atoms with van der Waals surface area (Å²) in [4.78, 5) is 40.7. The molecule has 0 radical (unpaired) electrons. The highest BCUT2D eigenvalue weighted by atomic mass is 16.5. The lowest BCUT2D eigenvalue weighted by Crippen LogP contribution is -2.42. The lowest BCUT2D eigenvalue weighted by atomic mass is 9.98. The molecule has 2 heterocycles. The lowest BCUT2D eigenvalue weighted by Gasteiger charge is -2.29. The summed E-state index contributed by atoms with van der Waals surface area (Å²) in [6.45, 7) is 5.13. The van der Waals surface area contributed by atoms with Gasteiger partial charge in [-0.05, 0) is 79.9 Å². The fourth-order valence-electron chi connectivity index (χ4n) is 6.20. The van der Waals surface area contributed by atoms with Crippen LogP contribution in [0.5, 0.6) is 5.75 Å². The number of likely N-dealkylation sites (tertiary alicyclic amines) is 1. The number of aliphatic imine (C=N–C) groups is 2. The summed E-state index contributed by atoms with van der Waals surface area (Å²) in [6, 6.07) is 20.6. The second kappa shape index (κ2) is 15.5. The van der Waals surface area contributed by atoms with Gasteiger partial charge in [-0.2, -0.15) is 0 Å². The van der Waals surface area contributed by atoms with Crippen molar-refractivity contribution in [3.63, 3.8) is 0 Å². The zero-order chi connectivity index (χ0) is 34.2. The van der Waals surface area contributed by atoms with Crippen LogP contribution in [0.3, 0.4) is 0 Å². The number of anilines is 2. The number of carbonyl (C=O) groups is 2. The Morgan fingerprint density at radius 1 is 1.06 bits per heavy atom. The third-order valence-electron chi connectivity index (χ3n) is 8.98. The number of amidine groups is 1. The van der Waals surface area contributed by atoms with Gasteiger partial charge in [-0.3, -0.25) is 24.9 Å². The zero-order valence-electron chi connectivity index (χ0n) is 27.9. The van der Waals surface area contributed by atoms with Crippen molar-refractivity contribution in [1.82, 2.24) is 9.80 Å². The summed E-state index contributed by atoms with van der Waals surface area (Å²) in [5.41, 5.74) is 18.2. The van der Waals surface area contributed by atoms with E-state index < -0.39 is 0 Å². The van der Waals surface area contributed by atoms with E-state index in [1.165, 1.54) is 11.9 Å². The van der Waals surface area contributed by atoms with E-state index in [1.807, 2.05) is 60.4 Å². The van der Waals surface area contributed by atoms with E-state index in [0.29, 0.717) is 79.8 Å². The third-order valence-corrected chi connectivity index (χ3v) is 8.98. The SMILES string of the molecule is CCN(C(=O)[C@@H]1CCN(CC(=O)N2CC=C(c3ccc(C(N)=NC=NC)cc3)CC2)C1)c1ccc(N)c(C(=N)c2ccc(OC)cc2)c1. The number of nitrogen functional groups attached to an aromatic ring is 1. The molecule has 2 aliphatic rings. The van der Waals surface area contributed by atoms with Crippen molar-refractivity contribution in [3.05, 3.63) is 95.1 Å². The Balaban J connectivity index is 1.17. The Morgan fingerprint density at radius 3 is 2.44 bits per heavy atom. The number of nitrogens with zero attached hydrogens (tertiary/aromatic N) is 5. The van der Waals surface area contributed by atoms with E-state index in [2.05, 4.69) is 21.0 Å². The van der Waals surface area contributed by atoms with E-state index in [0.717, 1.165) is 17.5 Å². The molecule has 11 nitrogen and oxygen atoms in total. The number of nitrogens with one attached hydrogen (secondary N) is 1. The highest BCUT2D eigenvalue weighted by molar-refractivity contribution is 6.14. The molecule has 0 aliphatic carbocycles. The van der Waals surface area contributed by atoms with Gasteiger partial charge in [-0.15, -0.1) is 0 Å². The number of amides is 2. The highest BCUT2D eigenvalue weighted by Gasteiger charge is 2.33. The van der Waals surface area contributed by atoms with Crippen LogP contribution in [0, 0.1) is 11.3 Å². The maximum absolute atomic E-state index is 13.8. The van der Waals surface area contributed by atoms with Gasteiger partial charge in [0.25, 0.3) is 0 Å². The van der Waals surface area contributed by atoms with Gasteiger partial charge in [0, 0.05) is 61.3 Å². The number of hydrogen-bond acceptors (Lipinski definition) is 7. The largest absolute Gasteiger partial charge is 0.497 e. The molecule has 0 saturated carbocycles. The van der Waals surface area contributed by atoms with Gasteiger partial charge in [0.2, 0.25) is 11.8 Å². The van der Waals surface area contributed by atoms with E-state index in [-0.39, 0.29) is 23.4 Å². The maximum atomic E-state index is 13.8. The molecular formula is C37H44N8O3. The molecule has 0 spiro atoms. The molecule has 2 amide bonds. The quantitative estimate of drug-likeness (QED) is 0.162. The Bertz CT molecular complexity index is 1730. The van der Waals surface area contributed by atoms with E-state index >= 15 is 0 Å². The molecule has 1 atom stereocenters. The number of nitrogens with two attached hydrogens (primary N) is 2. The van der Waals surface area contributed by atoms with Crippen LogP contribution in [0.15, 0.2) is 82.8 Å². The van der Waals surface area contributed by atoms with Gasteiger partial charge >= 0.3 is 0 Å². The smallest absolute Gasteiger partial charge is 0.237 e. The van der Waals surface area contributed by atoms with Crippen molar-refractivity contribution in [3.8, 4) is 5.75 Å². The topological polar surface area (TPSA) is 154 Å². The fourth-order valence-corrected chi connectivity index (χ4v) is 6.20. The van der Waals surface area contributed by atoms with E-state index in [4.69, 9.17) is 21.6 Å². The predicted molar refractivity (Wildman–Crippen MR) is 193 cm³/mol. The second-order valence-corrected chi connectivity index (χ2v) is 12.0. The summed E-state index contributed by atoms with van der Waals surface area (Å²) in [5.74, 6) is 0.991. The number of hydrogen-bond donors (Lipinski definition) is 3. The normalized spacial score (nSPS) is 17.0. The summed E-state index contributed by atoms with van der Waals surface area (Å²) < 4.78 is 5.24. The molecule has 1 fully saturated rings. The standard InChI is InChI=1S/C37H44N8O3/c1-4-45(30-11-14-33(38)32(21-30)35(39)27-9-12-31(48-3)13-10-27)37(47)29-15-18-43(22-29)23-34(46)44-19-16-26(17-20-44)25-5-7-28(8-6-25)36(40)42-24-41-2/h5-14,16,21,24,29,39H,4,15,17-20,22-23,38H2,1-3H3,(H2,40,41,42)/t29-/m1/s1. The first-order valence-electron chi connectivity index (χ1n) is 16.2. The Hall–Kier alpha value is -5.29. The molecule has 11 heteroatoms. The summed E-state index contributed by atoms with van der Waals surface area (Å²) in [7, 11) is 3.25. The fraction of sp³-hybridized carbons (Fsp3) is 0.324. The van der Waals surface area contributed by atoms with Crippen LogP contribution >= 0.6 is 0 Å². The van der Waals surface area contributed by atoms with Gasteiger partial charge in [0.05, 0.1) is 25.3 Å².